The third-order valence-corrected chi connectivity index (χ3v) is 0.862. The first-order chi connectivity index (χ1) is 3.93. The molecule has 1 rings (SSSR count). The van der Waals surface area contributed by atoms with Gasteiger partial charge in [-0.25, -0.2) is 0 Å². The van der Waals surface area contributed by atoms with Crippen LogP contribution in [0.25, 0.3) is 0 Å². The Kier molecular flexibility index (Phi) is 1.42. The van der Waals surface area contributed by atoms with Crippen LogP contribution in [0.5, 0.6) is 0 Å². The summed E-state index contributed by atoms with van der Waals surface area (Å²) >= 11 is 0. The van der Waals surface area contributed by atoms with E-state index in [0.717, 1.165) is 0 Å². The fourth-order valence-electron chi connectivity index (χ4n) is 0.479. The lowest BCUT2D eigenvalue weighted by Crippen LogP contribution is -2.02. The maximum atomic E-state index is 8.15. The second-order valence-corrected chi connectivity index (χ2v) is 1.44. The topological polar surface area (TPSA) is 45.0 Å². The normalized spacial score (nSPS) is 22.2. The maximum absolute atomic E-state index is 8.15. The zero-order valence-corrected chi connectivity index (χ0v) is 4.28. The number of nitrogens with zero attached hydrogens (tertiary/aromatic N) is 2. The minimum absolute atomic E-state index is 0.493. The summed E-state index contributed by atoms with van der Waals surface area (Å²) in [6.07, 6.45) is 5.13. The zero-order valence-electron chi connectivity index (χ0n) is 4.28. The average Bonchev–Trinajstić information content (AvgIpc) is 1.90. The van der Waals surface area contributed by atoms with Gasteiger partial charge in [0.05, 0.1) is 6.54 Å². The van der Waals surface area contributed by atoms with Crippen LogP contribution in [-0.4, -0.2) is 23.7 Å². The molecule has 0 aromatic carbocycles. The van der Waals surface area contributed by atoms with Crippen LogP contribution in [0, 0.1) is 0 Å². The van der Waals surface area contributed by atoms with Gasteiger partial charge in [-0.3, -0.25) is 4.99 Å². The Morgan fingerprint density at radius 1 is 1.75 bits per heavy atom. The van der Waals surface area contributed by atoms with Gasteiger partial charge in [-0.2, -0.15) is 0 Å². The number of aliphatic imine (C=N–C) groups is 1. The Balaban J connectivity index is 2.66. The van der Waals surface area contributed by atoms with E-state index in [-0.39, 0.29) is 0 Å². The van der Waals surface area contributed by atoms with Gasteiger partial charge < -0.3 is 5.21 Å². The van der Waals surface area contributed by atoms with Gasteiger partial charge in [0.25, 0.3) is 0 Å². The minimum Gasteiger partial charge on any atom is -0.411 e. The highest BCUT2D eigenvalue weighted by atomic mass is 16.4. The molecule has 0 saturated carbocycles. The van der Waals surface area contributed by atoms with E-state index in [1.807, 2.05) is 0 Å². The highest BCUT2D eigenvalue weighted by molar-refractivity contribution is 6.01. The van der Waals surface area contributed by atoms with E-state index in [1.54, 1.807) is 18.4 Å². The molecule has 0 spiro atoms. The van der Waals surface area contributed by atoms with E-state index < -0.39 is 0 Å². The number of hydrogen-bond acceptors (Lipinski definition) is 3. The Morgan fingerprint density at radius 2 is 2.62 bits per heavy atom. The summed E-state index contributed by atoms with van der Waals surface area (Å²) in [5.74, 6) is 0. The van der Waals surface area contributed by atoms with Gasteiger partial charge >= 0.3 is 0 Å². The molecule has 1 heterocycles. The van der Waals surface area contributed by atoms with Crippen molar-refractivity contribution < 1.29 is 5.21 Å². The first-order valence-corrected chi connectivity index (χ1v) is 2.31. The number of oxime groups is 1. The van der Waals surface area contributed by atoms with Gasteiger partial charge in [0, 0.05) is 6.21 Å². The number of hydrogen-bond donors (Lipinski definition) is 1. The molecule has 3 heteroatoms. The van der Waals surface area contributed by atoms with Gasteiger partial charge in [-0.1, -0.05) is 5.16 Å². The van der Waals surface area contributed by atoms with Crippen LogP contribution < -0.4 is 0 Å². The van der Waals surface area contributed by atoms with E-state index in [0.29, 0.717) is 12.3 Å². The Bertz CT molecular complexity index is 158. The fourth-order valence-corrected chi connectivity index (χ4v) is 0.479. The standard InChI is InChI=1S/C5H6N2O/c8-7-5-2-1-3-6-4-5/h1-3,8H,4H2. The third kappa shape index (κ3) is 0.932. The first-order valence-electron chi connectivity index (χ1n) is 2.31. The third-order valence-electron chi connectivity index (χ3n) is 0.862. The molecule has 0 aromatic rings. The van der Waals surface area contributed by atoms with Crippen molar-refractivity contribution >= 4 is 11.9 Å². The molecule has 42 valence electrons. The Labute approximate surface area is 47.0 Å². The summed E-state index contributed by atoms with van der Waals surface area (Å²) in [6.45, 7) is 0.493. The first kappa shape index (κ1) is 5.03. The van der Waals surface area contributed by atoms with Crippen molar-refractivity contribution in [1.82, 2.24) is 0 Å². The molecular formula is C5H6N2O. The molecule has 0 fully saturated rings. The van der Waals surface area contributed by atoms with Crippen LogP contribution >= 0.6 is 0 Å². The van der Waals surface area contributed by atoms with Crippen LogP contribution in [0.15, 0.2) is 22.3 Å². The second-order valence-electron chi connectivity index (χ2n) is 1.44. The molecule has 0 bridgehead atoms. The Morgan fingerprint density at radius 3 is 3.00 bits per heavy atom. The summed E-state index contributed by atoms with van der Waals surface area (Å²) in [6, 6.07) is 0. The lowest BCUT2D eigenvalue weighted by atomic mass is 10.3. The SMILES string of the molecule is ON=C1C=CC=NC1. The largest absolute Gasteiger partial charge is 0.411 e. The van der Waals surface area contributed by atoms with Crippen molar-refractivity contribution in [1.29, 1.82) is 0 Å². The molecular weight excluding hydrogens is 104 g/mol. The monoisotopic (exact) mass is 110 g/mol. The molecule has 1 N–H and O–H groups in total. The molecule has 1 aliphatic rings. The van der Waals surface area contributed by atoms with Gasteiger partial charge in [0.15, 0.2) is 0 Å². The van der Waals surface area contributed by atoms with Crippen molar-refractivity contribution in [3.05, 3.63) is 12.2 Å². The van der Waals surface area contributed by atoms with Gasteiger partial charge in [-0.15, -0.1) is 0 Å². The van der Waals surface area contributed by atoms with Gasteiger partial charge in [-0.05, 0) is 12.2 Å². The predicted molar refractivity (Wildman–Crippen MR) is 31.7 cm³/mol. The van der Waals surface area contributed by atoms with Crippen molar-refractivity contribution in [2.45, 2.75) is 0 Å². The summed E-state index contributed by atoms with van der Waals surface area (Å²) in [4.78, 5) is 3.83. The highest BCUT2D eigenvalue weighted by Crippen LogP contribution is 1.86. The smallest absolute Gasteiger partial charge is 0.101 e. The van der Waals surface area contributed by atoms with E-state index in [1.165, 1.54) is 0 Å². The molecule has 1 aliphatic heterocycles. The van der Waals surface area contributed by atoms with Gasteiger partial charge in [0.2, 0.25) is 0 Å². The summed E-state index contributed by atoms with van der Waals surface area (Å²) < 4.78 is 0. The van der Waals surface area contributed by atoms with Crippen LogP contribution in [0.1, 0.15) is 0 Å². The van der Waals surface area contributed by atoms with E-state index >= 15 is 0 Å². The summed E-state index contributed by atoms with van der Waals surface area (Å²) in [5.41, 5.74) is 0.604. The molecule has 0 aliphatic carbocycles. The summed E-state index contributed by atoms with van der Waals surface area (Å²) in [7, 11) is 0. The molecule has 0 unspecified atom stereocenters. The van der Waals surface area contributed by atoms with Crippen molar-refractivity contribution in [3.8, 4) is 0 Å². The molecule has 8 heavy (non-hydrogen) atoms. The van der Waals surface area contributed by atoms with Gasteiger partial charge in [0.1, 0.15) is 5.71 Å². The number of allylic oxidation sites excluding steroid dienone is 1. The predicted octanol–water partition coefficient (Wildman–Crippen LogP) is 0.457. The lowest BCUT2D eigenvalue weighted by molar-refractivity contribution is 0.319. The van der Waals surface area contributed by atoms with E-state index in [2.05, 4.69) is 10.1 Å². The maximum Gasteiger partial charge on any atom is 0.101 e. The van der Waals surface area contributed by atoms with Crippen LogP contribution in [0.3, 0.4) is 0 Å². The summed E-state index contributed by atoms with van der Waals surface area (Å²) in [5, 5.41) is 11.1. The van der Waals surface area contributed by atoms with Crippen LogP contribution in [0.4, 0.5) is 0 Å². The van der Waals surface area contributed by atoms with Crippen LogP contribution in [-0.2, 0) is 0 Å². The molecule has 0 saturated heterocycles. The molecule has 0 amide bonds. The number of rotatable bonds is 0. The minimum atomic E-state index is 0.493. The molecule has 3 nitrogen and oxygen atoms in total. The lowest BCUT2D eigenvalue weighted by Gasteiger charge is -1.94. The average molecular weight is 110 g/mol. The fraction of sp³-hybridized carbons (Fsp3) is 0.200. The number of dihydropyridines is 1. The molecule has 0 aromatic heterocycles. The highest BCUT2D eigenvalue weighted by Gasteiger charge is 1.92. The molecule has 0 radical (unpaired) electrons. The zero-order chi connectivity index (χ0) is 5.82. The van der Waals surface area contributed by atoms with Crippen molar-refractivity contribution in [2.24, 2.45) is 10.1 Å². The quantitative estimate of drug-likeness (QED) is 0.357. The molecule has 0 atom stereocenters. The van der Waals surface area contributed by atoms with E-state index in [4.69, 9.17) is 5.21 Å². The van der Waals surface area contributed by atoms with Crippen LogP contribution in [0.2, 0.25) is 0 Å². The van der Waals surface area contributed by atoms with Crippen molar-refractivity contribution in [2.75, 3.05) is 6.54 Å². The second kappa shape index (κ2) is 2.26. The van der Waals surface area contributed by atoms with E-state index in [9.17, 15) is 0 Å². The Hall–Kier alpha value is -1.12. The van der Waals surface area contributed by atoms with Crippen molar-refractivity contribution in [3.63, 3.8) is 0 Å².